The van der Waals surface area contributed by atoms with Crippen LogP contribution in [0.1, 0.15) is 0 Å². The summed E-state index contributed by atoms with van der Waals surface area (Å²) in [6.07, 6.45) is 1.28. The molecule has 0 aliphatic carbocycles. The number of aromatic nitrogens is 1. The van der Waals surface area contributed by atoms with Gasteiger partial charge in [-0.1, -0.05) is 0 Å². The van der Waals surface area contributed by atoms with Gasteiger partial charge in [0.25, 0.3) is 5.56 Å². The first-order valence-corrected chi connectivity index (χ1v) is 4.32. The lowest BCUT2D eigenvalue weighted by Crippen LogP contribution is -2.25. The van der Waals surface area contributed by atoms with Gasteiger partial charge in [-0.25, -0.2) is 4.79 Å². The second kappa shape index (κ2) is 4.96. The van der Waals surface area contributed by atoms with E-state index < -0.39 is 24.1 Å². The van der Waals surface area contributed by atoms with Gasteiger partial charge < -0.3 is 20.1 Å². The second-order valence-corrected chi connectivity index (χ2v) is 2.98. The summed E-state index contributed by atoms with van der Waals surface area (Å²) in [6, 6.07) is 2.61. The summed E-state index contributed by atoms with van der Waals surface area (Å²) in [5, 5.41) is 8.26. The van der Waals surface area contributed by atoms with Crippen LogP contribution in [0.4, 0.5) is 5.69 Å². The number of esters is 1. The number of hydrogen-bond acceptors (Lipinski definition) is 5. The van der Waals surface area contributed by atoms with Gasteiger partial charge in [-0.15, -0.1) is 0 Å². The molecule has 0 aromatic carbocycles. The van der Waals surface area contributed by atoms with Crippen molar-refractivity contribution in [3.05, 3.63) is 28.7 Å². The molecule has 1 aromatic heterocycles. The molecule has 0 saturated carbocycles. The Hall–Kier alpha value is -2.31. The number of nitrogens with two attached hydrogens (primary N) is 1. The number of carbonyl (C=O) groups is 2. The molecule has 0 aliphatic heterocycles. The molecule has 0 radical (unpaired) electrons. The Morgan fingerprint density at radius 2 is 2.12 bits per heavy atom. The van der Waals surface area contributed by atoms with Crippen molar-refractivity contribution in [1.82, 2.24) is 4.57 Å². The number of pyridine rings is 1. The molecule has 7 nitrogen and oxygen atoms in total. The lowest BCUT2D eigenvalue weighted by Gasteiger charge is -2.05. The highest BCUT2D eigenvalue weighted by molar-refractivity contribution is 5.75. The molecule has 16 heavy (non-hydrogen) atoms. The van der Waals surface area contributed by atoms with Crippen molar-refractivity contribution in [2.24, 2.45) is 0 Å². The summed E-state index contributed by atoms with van der Waals surface area (Å²) in [5.74, 6) is -2.07. The predicted molar refractivity (Wildman–Crippen MR) is 53.7 cm³/mol. The van der Waals surface area contributed by atoms with Gasteiger partial charge in [-0.3, -0.25) is 9.59 Å². The molecule has 0 atom stereocenters. The molecule has 7 heteroatoms. The average Bonchev–Trinajstić information content (AvgIpc) is 2.20. The lowest BCUT2D eigenvalue weighted by molar-refractivity contribution is -0.155. The SMILES string of the molecule is Nc1ccc(=O)n(CC(=O)OCC(=O)O)c1. The Morgan fingerprint density at radius 3 is 2.75 bits per heavy atom. The van der Waals surface area contributed by atoms with E-state index in [1.807, 2.05) is 0 Å². The number of nitrogen functional groups attached to an aromatic ring is 1. The number of carboxylic acid groups (broad SMARTS) is 1. The third-order valence-electron chi connectivity index (χ3n) is 1.66. The van der Waals surface area contributed by atoms with E-state index in [2.05, 4.69) is 4.74 Å². The van der Waals surface area contributed by atoms with Gasteiger partial charge in [0.1, 0.15) is 6.54 Å². The highest BCUT2D eigenvalue weighted by Crippen LogP contribution is 1.96. The van der Waals surface area contributed by atoms with Crippen molar-refractivity contribution in [3.8, 4) is 0 Å². The van der Waals surface area contributed by atoms with E-state index in [1.165, 1.54) is 18.3 Å². The highest BCUT2D eigenvalue weighted by atomic mass is 16.5. The number of anilines is 1. The number of nitrogens with zero attached hydrogens (tertiary/aromatic N) is 1. The van der Waals surface area contributed by atoms with E-state index in [9.17, 15) is 14.4 Å². The molecule has 86 valence electrons. The Morgan fingerprint density at radius 1 is 1.44 bits per heavy atom. The van der Waals surface area contributed by atoms with Gasteiger partial charge in [0, 0.05) is 18.0 Å². The number of carbonyl (C=O) groups excluding carboxylic acids is 1. The number of rotatable bonds is 4. The third kappa shape index (κ3) is 3.45. The van der Waals surface area contributed by atoms with Crippen LogP contribution in [0.25, 0.3) is 0 Å². The van der Waals surface area contributed by atoms with Crippen molar-refractivity contribution >= 4 is 17.6 Å². The molecule has 0 unspecified atom stereocenters. The first-order valence-electron chi connectivity index (χ1n) is 4.32. The summed E-state index contributed by atoms with van der Waals surface area (Å²) in [4.78, 5) is 32.4. The first kappa shape index (κ1) is 11.8. The van der Waals surface area contributed by atoms with Crippen molar-refractivity contribution < 1.29 is 19.4 Å². The zero-order valence-corrected chi connectivity index (χ0v) is 8.25. The van der Waals surface area contributed by atoms with Crippen molar-refractivity contribution in [2.75, 3.05) is 12.3 Å². The molecule has 3 N–H and O–H groups in total. The first-order chi connectivity index (χ1) is 7.49. The lowest BCUT2D eigenvalue weighted by atomic mass is 10.4. The van der Waals surface area contributed by atoms with Crippen LogP contribution in [0.2, 0.25) is 0 Å². The van der Waals surface area contributed by atoms with E-state index in [1.54, 1.807) is 0 Å². The largest absolute Gasteiger partial charge is 0.479 e. The highest BCUT2D eigenvalue weighted by Gasteiger charge is 2.08. The molecular formula is C9H10N2O5. The molecule has 0 aliphatic rings. The third-order valence-corrected chi connectivity index (χ3v) is 1.66. The molecule has 1 heterocycles. The van der Waals surface area contributed by atoms with Crippen molar-refractivity contribution in [2.45, 2.75) is 6.54 Å². The monoisotopic (exact) mass is 226 g/mol. The minimum Gasteiger partial charge on any atom is -0.479 e. The standard InChI is InChI=1S/C9H10N2O5/c10-6-1-2-7(12)11(3-6)4-9(15)16-5-8(13)14/h1-3H,4-5,10H2,(H,13,14). The van der Waals surface area contributed by atoms with Crippen molar-refractivity contribution in [3.63, 3.8) is 0 Å². The van der Waals surface area contributed by atoms with E-state index in [-0.39, 0.29) is 6.54 Å². The molecular weight excluding hydrogens is 216 g/mol. The number of ether oxygens (including phenoxy) is 1. The summed E-state index contributed by atoms with van der Waals surface area (Å²) in [6.45, 7) is -1.09. The maximum Gasteiger partial charge on any atom is 0.341 e. The summed E-state index contributed by atoms with van der Waals surface area (Å²) < 4.78 is 5.40. The van der Waals surface area contributed by atoms with E-state index in [0.29, 0.717) is 5.69 Å². The van der Waals surface area contributed by atoms with Crippen LogP contribution in [-0.2, 0) is 20.9 Å². The Bertz CT molecular complexity index is 465. The zero-order valence-electron chi connectivity index (χ0n) is 8.25. The zero-order chi connectivity index (χ0) is 12.1. The number of hydrogen-bond donors (Lipinski definition) is 2. The van der Waals surface area contributed by atoms with Crippen LogP contribution >= 0.6 is 0 Å². The normalized spacial score (nSPS) is 9.75. The van der Waals surface area contributed by atoms with Crippen LogP contribution in [0, 0.1) is 0 Å². The van der Waals surface area contributed by atoms with Gasteiger partial charge in [0.2, 0.25) is 0 Å². The molecule has 0 spiro atoms. The second-order valence-electron chi connectivity index (χ2n) is 2.98. The topological polar surface area (TPSA) is 112 Å². The van der Waals surface area contributed by atoms with Gasteiger partial charge in [-0.2, -0.15) is 0 Å². The fourth-order valence-electron chi connectivity index (χ4n) is 1.00. The Balaban J connectivity index is 2.66. The minimum absolute atomic E-state index is 0.325. The smallest absolute Gasteiger partial charge is 0.341 e. The fourth-order valence-corrected chi connectivity index (χ4v) is 1.00. The quantitative estimate of drug-likeness (QED) is 0.641. The van der Waals surface area contributed by atoms with E-state index in [4.69, 9.17) is 10.8 Å². The Labute approximate surface area is 90.1 Å². The maximum absolute atomic E-state index is 11.2. The Kier molecular flexibility index (Phi) is 3.65. The van der Waals surface area contributed by atoms with Crippen LogP contribution in [0.15, 0.2) is 23.1 Å². The maximum atomic E-state index is 11.2. The molecule has 0 amide bonds. The average molecular weight is 226 g/mol. The number of carboxylic acids is 1. The summed E-state index contributed by atoms with van der Waals surface area (Å²) in [5.41, 5.74) is 5.33. The molecule has 1 rings (SSSR count). The van der Waals surface area contributed by atoms with E-state index in [0.717, 1.165) is 4.57 Å². The van der Waals surface area contributed by atoms with Crippen LogP contribution in [0.5, 0.6) is 0 Å². The van der Waals surface area contributed by atoms with E-state index >= 15 is 0 Å². The molecule has 0 bridgehead atoms. The molecule has 1 aromatic rings. The van der Waals surface area contributed by atoms with Crippen molar-refractivity contribution in [1.29, 1.82) is 0 Å². The minimum atomic E-state index is -1.26. The van der Waals surface area contributed by atoms with Crippen LogP contribution in [-0.4, -0.2) is 28.2 Å². The van der Waals surface area contributed by atoms with Gasteiger partial charge in [-0.05, 0) is 6.07 Å². The van der Waals surface area contributed by atoms with Gasteiger partial charge >= 0.3 is 11.9 Å². The number of aliphatic carboxylic acids is 1. The van der Waals surface area contributed by atoms with Crippen LogP contribution in [0.3, 0.4) is 0 Å². The molecule has 0 fully saturated rings. The van der Waals surface area contributed by atoms with Gasteiger partial charge in [0.15, 0.2) is 6.61 Å². The predicted octanol–water partition coefficient (Wildman–Crippen LogP) is -0.942. The molecule has 0 saturated heterocycles. The van der Waals surface area contributed by atoms with Gasteiger partial charge in [0.05, 0.1) is 0 Å². The summed E-state index contributed by atoms with van der Waals surface area (Å²) >= 11 is 0. The summed E-state index contributed by atoms with van der Waals surface area (Å²) in [7, 11) is 0. The van der Waals surface area contributed by atoms with Crippen LogP contribution < -0.4 is 11.3 Å². The fraction of sp³-hybridized carbons (Fsp3) is 0.222.